The number of aliphatic hydroxyl groups excluding tert-OH is 1. The lowest BCUT2D eigenvalue weighted by molar-refractivity contribution is -0.139. The van der Waals surface area contributed by atoms with Gasteiger partial charge in [-0.05, 0) is 25.8 Å². The van der Waals surface area contributed by atoms with Crippen LogP contribution < -0.4 is 0 Å². The standard InChI is InChI=1S/C14H18F3NO2/c1-7-8(2)20-9(3)12(7)13(19)10-6-18-5-4-11(10)14(15,16)17/h4-9,12-13,19H,1-3H3. The molecule has 2 heterocycles. The van der Waals surface area contributed by atoms with Gasteiger partial charge in [0.15, 0.2) is 0 Å². The molecule has 6 heteroatoms. The minimum Gasteiger partial charge on any atom is -0.388 e. The van der Waals surface area contributed by atoms with Gasteiger partial charge in [-0.2, -0.15) is 13.2 Å². The molecule has 5 unspecified atom stereocenters. The van der Waals surface area contributed by atoms with Crippen LogP contribution in [-0.4, -0.2) is 22.3 Å². The third-order valence-corrected chi connectivity index (χ3v) is 4.16. The fraction of sp³-hybridized carbons (Fsp3) is 0.643. The zero-order chi connectivity index (χ0) is 15.1. The Labute approximate surface area is 115 Å². The molecule has 1 aliphatic rings. The Hall–Kier alpha value is -1.14. The van der Waals surface area contributed by atoms with Crippen molar-refractivity contribution in [2.24, 2.45) is 11.8 Å². The van der Waals surface area contributed by atoms with Crippen LogP contribution in [0.5, 0.6) is 0 Å². The minimum atomic E-state index is -4.50. The van der Waals surface area contributed by atoms with Crippen molar-refractivity contribution in [3.63, 3.8) is 0 Å². The third-order valence-electron chi connectivity index (χ3n) is 4.16. The molecule has 1 saturated heterocycles. The van der Waals surface area contributed by atoms with E-state index in [1.165, 1.54) is 0 Å². The summed E-state index contributed by atoms with van der Waals surface area (Å²) in [6.07, 6.45) is -3.95. The predicted molar refractivity (Wildman–Crippen MR) is 66.9 cm³/mol. The van der Waals surface area contributed by atoms with Crippen molar-refractivity contribution >= 4 is 0 Å². The Balaban J connectivity index is 2.37. The molecule has 0 amide bonds. The van der Waals surface area contributed by atoms with Crippen LogP contribution in [-0.2, 0) is 10.9 Å². The van der Waals surface area contributed by atoms with Gasteiger partial charge in [-0.15, -0.1) is 0 Å². The van der Waals surface area contributed by atoms with E-state index in [2.05, 4.69) is 4.98 Å². The summed E-state index contributed by atoms with van der Waals surface area (Å²) in [4.78, 5) is 3.72. The van der Waals surface area contributed by atoms with Crippen LogP contribution in [0.2, 0.25) is 0 Å². The number of halogens is 3. The van der Waals surface area contributed by atoms with Gasteiger partial charge in [0.2, 0.25) is 0 Å². The molecule has 0 saturated carbocycles. The Kier molecular flexibility index (Phi) is 4.07. The lowest BCUT2D eigenvalue weighted by Gasteiger charge is -2.26. The fourth-order valence-corrected chi connectivity index (χ4v) is 2.95. The van der Waals surface area contributed by atoms with Gasteiger partial charge >= 0.3 is 6.18 Å². The quantitative estimate of drug-likeness (QED) is 0.909. The van der Waals surface area contributed by atoms with Gasteiger partial charge in [-0.1, -0.05) is 6.92 Å². The molecule has 1 aromatic heterocycles. The average Bonchev–Trinajstić information content (AvgIpc) is 2.61. The van der Waals surface area contributed by atoms with Crippen LogP contribution in [0, 0.1) is 11.8 Å². The second kappa shape index (κ2) is 5.33. The maximum absolute atomic E-state index is 13.0. The molecule has 0 aliphatic carbocycles. The van der Waals surface area contributed by atoms with Crippen molar-refractivity contribution in [1.82, 2.24) is 4.98 Å². The van der Waals surface area contributed by atoms with Gasteiger partial charge in [0.25, 0.3) is 0 Å². The number of ether oxygens (including phenoxy) is 1. The summed E-state index contributed by atoms with van der Waals surface area (Å²) >= 11 is 0. The van der Waals surface area contributed by atoms with E-state index in [1.54, 1.807) is 6.92 Å². The van der Waals surface area contributed by atoms with Crippen molar-refractivity contribution in [2.45, 2.75) is 45.3 Å². The Morgan fingerprint density at radius 1 is 1.25 bits per heavy atom. The lowest BCUT2D eigenvalue weighted by atomic mass is 9.81. The average molecular weight is 289 g/mol. The highest BCUT2D eigenvalue weighted by Crippen LogP contribution is 2.43. The number of hydrogen-bond donors (Lipinski definition) is 1. The summed E-state index contributed by atoms with van der Waals surface area (Å²) in [6, 6.07) is 0.896. The first kappa shape index (κ1) is 15.3. The van der Waals surface area contributed by atoms with Crippen molar-refractivity contribution < 1.29 is 23.0 Å². The molecule has 0 aromatic carbocycles. The number of hydrogen-bond acceptors (Lipinski definition) is 3. The molecular formula is C14H18F3NO2. The molecule has 1 fully saturated rings. The summed E-state index contributed by atoms with van der Waals surface area (Å²) in [5.74, 6) is -0.406. The van der Waals surface area contributed by atoms with Crippen LogP contribution in [0.4, 0.5) is 13.2 Å². The van der Waals surface area contributed by atoms with Crippen LogP contribution in [0.1, 0.15) is 38.0 Å². The summed E-state index contributed by atoms with van der Waals surface area (Å²) in [5.41, 5.74) is -1.01. The molecule has 1 N–H and O–H groups in total. The molecule has 1 aromatic rings. The molecule has 3 nitrogen and oxygen atoms in total. The van der Waals surface area contributed by atoms with E-state index in [1.807, 2.05) is 13.8 Å². The van der Waals surface area contributed by atoms with Gasteiger partial charge in [0.05, 0.1) is 23.9 Å². The fourth-order valence-electron chi connectivity index (χ4n) is 2.95. The monoisotopic (exact) mass is 289 g/mol. The first-order chi connectivity index (χ1) is 9.23. The van der Waals surface area contributed by atoms with E-state index in [4.69, 9.17) is 4.74 Å². The second-order valence-electron chi connectivity index (χ2n) is 5.39. The molecule has 112 valence electrons. The first-order valence-electron chi connectivity index (χ1n) is 6.58. The van der Waals surface area contributed by atoms with Crippen molar-refractivity contribution in [3.8, 4) is 0 Å². The van der Waals surface area contributed by atoms with E-state index in [0.717, 1.165) is 18.5 Å². The van der Waals surface area contributed by atoms with Crippen LogP contribution >= 0.6 is 0 Å². The van der Waals surface area contributed by atoms with Crippen molar-refractivity contribution in [3.05, 3.63) is 29.6 Å². The highest BCUT2D eigenvalue weighted by Gasteiger charge is 2.44. The lowest BCUT2D eigenvalue weighted by Crippen LogP contribution is -2.27. The smallest absolute Gasteiger partial charge is 0.388 e. The molecule has 0 radical (unpaired) electrons. The van der Waals surface area contributed by atoms with Gasteiger partial charge in [0, 0.05) is 23.9 Å². The SMILES string of the molecule is CC1OC(C)C(C(O)c2cnccc2C(F)(F)F)C1C. The van der Waals surface area contributed by atoms with Crippen LogP contribution in [0.15, 0.2) is 18.5 Å². The molecular weight excluding hydrogens is 271 g/mol. The van der Waals surface area contributed by atoms with E-state index in [9.17, 15) is 18.3 Å². The second-order valence-corrected chi connectivity index (χ2v) is 5.39. The Morgan fingerprint density at radius 3 is 2.40 bits per heavy atom. The summed E-state index contributed by atoms with van der Waals surface area (Å²) in [6.45, 7) is 5.52. The van der Waals surface area contributed by atoms with E-state index >= 15 is 0 Å². The molecule has 20 heavy (non-hydrogen) atoms. The number of rotatable bonds is 2. The van der Waals surface area contributed by atoms with E-state index < -0.39 is 17.8 Å². The summed E-state index contributed by atoms with van der Waals surface area (Å²) < 4.78 is 44.6. The summed E-state index contributed by atoms with van der Waals surface area (Å²) in [5, 5.41) is 10.4. The third kappa shape index (κ3) is 2.67. The molecule has 2 rings (SSSR count). The van der Waals surface area contributed by atoms with Crippen molar-refractivity contribution in [2.75, 3.05) is 0 Å². The highest BCUT2D eigenvalue weighted by atomic mass is 19.4. The van der Waals surface area contributed by atoms with E-state index in [-0.39, 0.29) is 29.6 Å². The van der Waals surface area contributed by atoms with Crippen LogP contribution in [0.25, 0.3) is 0 Å². The predicted octanol–water partition coefficient (Wildman–Crippen LogP) is 3.19. The maximum Gasteiger partial charge on any atom is 0.416 e. The topological polar surface area (TPSA) is 42.4 Å². The maximum atomic E-state index is 13.0. The van der Waals surface area contributed by atoms with Gasteiger partial charge in [0.1, 0.15) is 0 Å². The zero-order valence-electron chi connectivity index (χ0n) is 11.6. The number of aliphatic hydroxyl groups is 1. The van der Waals surface area contributed by atoms with Gasteiger partial charge in [-0.3, -0.25) is 4.98 Å². The molecule has 5 atom stereocenters. The number of aromatic nitrogens is 1. The molecule has 0 bridgehead atoms. The van der Waals surface area contributed by atoms with Gasteiger partial charge in [-0.25, -0.2) is 0 Å². The largest absolute Gasteiger partial charge is 0.416 e. The van der Waals surface area contributed by atoms with Crippen LogP contribution in [0.3, 0.4) is 0 Å². The minimum absolute atomic E-state index is 0.0266. The van der Waals surface area contributed by atoms with Crippen molar-refractivity contribution in [1.29, 1.82) is 0 Å². The Bertz CT molecular complexity index is 478. The number of alkyl halides is 3. The number of pyridine rings is 1. The van der Waals surface area contributed by atoms with Gasteiger partial charge < -0.3 is 9.84 Å². The molecule has 0 spiro atoms. The Morgan fingerprint density at radius 2 is 1.90 bits per heavy atom. The number of nitrogens with zero attached hydrogens (tertiary/aromatic N) is 1. The highest BCUT2D eigenvalue weighted by molar-refractivity contribution is 5.29. The first-order valence-corrected chi connectivity index (χ1v) is 6.58. The summed E-state index contributed by atoms with van der Waals surface area (Å²) in [7, 11) is 0. The molecule has 1 aliphatic heterocycles. The normalized spacial score (nSPS) is 32.4. The zero-order valence-corrected chi connectivity index (χ0v) is 11.6. The van der Waals surface area contributed by atoms with E-state index in [0.29, 0.717) is 0 Å².